The number of halogens is 1. The number of hydrogen-bond acceptors (Lipinski definition) is 5. The molecule has 0 N–H and O–H groups in total. The first kappa shape index (κ1) is 19.0. The van der Waals surface area contributed by atoms with Crippen LogP contribution in [-0.2, 0) is 0 Å². The van der Waals surface area contributed by atoms with Gasteiger partial charge >= 0.3 is 0 Å². The van der Waals surface area contributed by atoms with E-state index in [4.69, 9.17) is 11.6 Å². The summed E-state index contributed by atoms with van der Waals surface area (Å²) in [7, 11) is 0. The van der Waals surface area contributed by atoms with Gasteiger partial charge in [-0.3, -0.25) is 4.79 Å². The second-order valence-corrected chi connectivity index (χ2v) is 8.13. The number of piperazine rings is 1. The highest BCUT2D eigenvalue weighted by molar-refractivity contribution is 6.30. The minimum absolute atomic E-state index is 0.0144. The molecule has 7 heteroatoms. The first-order valence-corrected chi connectivity index (χ1v) is 10.4. The van der Waals surface area contributed by atoms with Crippen LogP contribution in [0.4, 0.5) is 11.6 Å². The lowest BCUT2D eigenvalue weighted by Gasteiger charge is -2.36. The average molecular weight is 400 g/mol. The Morgan fingerprint density at radius 2 is 1.93 bits per heavy atom. The van der Waals surface area contributed by atoms with Crippen LogP contribution in [0.3, 0.4) is 0 Å². The summed E-state index contributed by atoms with van der Waals surface area (Å²) in [6.45, 7) is 7.08. The molecule has 148 valence electrons. The number of piperidine rings is 1. The van der Waals surface area contributed by atoms with Crippen molar-refractivity contribution in [2.75, 3.05) is 49.1 Å². The molecule has 1 aromatic carbocycles. The van der Waals surface area contributed by atoms with Gasteiger partial charge in [-0.15, -0.1) is 0 Å². The van der Waals surface area contributed by atoms with Gasteiger partial charge in [-0.05, 0) is 43.0 Å². The van der Waals surface area contributed by atoms with Crippen LogP contribution in [0, 0.1) is 5.92 Å². The molecular weight excluding hydrogens is 374 g/mol. The third-order valence-corrected chi connectivity index (χ3v) is 5.78. The molecule has 1 aromatic heterocycles. The Balaban J connectivity index is 1.41. The number of hydrogen-bond donors (Lipinski definition) is 0. The summed E-state index contributed by atoms with van der Waals surface area (Å²) in [6.07, 6.45) is 4.09. The van der Waals surface area contributed by atoms with Gasteiger partial charge in [0.1, 0.15) is 5.69 Å². The van der Waals surface area contributed by atoms with Crippen LogP contribution in [0.2, 0.25) is 5.02 Å². The number of nitrogens with zero attached hydrogens (tertiary/aromatic N) is 5. The summed E-state index contributed by atoms with van der Waals surface area (Å²) >= 11 is 6.10. The predicted molar refractivity (Wildman–Crippen MR) is 112 cm³/mol. The van der Waals surface area contributed by atoms with Crippen molar-refractivity contribution in [2.24, 2.45) is 5.92 Å². The predicted octanol–water partition coefficient (Wildman–Crippen LogP) is 3.33. The summed E-state index contributed by atoms with van der Waals surface area (Å²) in [6, 6.07) is 9.58. The van der Waals surface area contributed by atoms with Gasteiger partial charge in [0.25, 0.3) is 5.91 Å². The number of amides is 1. The SMILES string of the molecule is CC1CCCN(c2nccc(C(=O)N3CCN(c4cccc(Cl)c4)CC3)n2)C1. The topological polar surface area (TPSA) is 52.6 Å². The summed E-state index contributed by atoms with van der Waals surface area (Å²) in [4.78, 5) is 28.3. The van der Waals surface area contributed by atoms with Gasteiger partial charge in [-0.1, -0.05) is 24.6 Å². The van der Waals surface area contributed by atoms with Crippen molar-refractivity contribution in [2.45, 2.75) is 19.8 Å². The van der Waals surface area contributed by atoms with Gasteiger partial charge in [0, 0.05) is 56.2 Å². The number of rotatable bonds is 3. The van der Waals surface area contributed by atoms with Gasteiger partial charge in [-0.25, -0.2) is 9.97 Å². The molecule has 2 fully saturated rings. The summed E-state index contributed by atoms with van der Waals surface area (Å²) in [5.41, 5.74) is 1.59. The van der Waals surface area contributed by atoms with Crippen molar-refractivity contribution in [3.8, 4) is 0 Å². The fraction of sp³-hybridized carbons (Fsp3) is 0.476. The van der Waals surface area contributed by atoms with Gasteiger partial charge in [0.15, 0.2) is 0 Å². The van der Waals surface area contributed by atoms with E-state index in [0.717, 1.165) is 43.3 Å². The van der Waals surface area contributed by atoms with E-state index in [1.165, 1.54) is 6.42 Å². The zero-order valence-electron chi connectivity index (χ0n) is 16.2. The van der Waals surface area contributed by atoms with Crippen molar-refractivity contribution >= 4 is 29.1 Å². The van der Waals surface area contributed by atoms with E-state index in [2.05, 4.69) is 32.8 Å². The molecule has 2 saturated heterocycles. The van der Waals surface area contributed by atoms with Crippen molar-refractivity contribution in [1.29, 1.82) is 0 Å². The second-order valence-electron chi connectivity index (χ2n) is 7.69. The largest absolute Gasteiger partial charge is 0.368 e. The minimum atomic E-state index is -0.0144. The molecule has 2 aliphatic rings. The zero-order valence-corrected chi connectivity index (χ0v) is 17.0. The Hall–Kier alpha value is -2.34. The Bertz CT molecular complexity index is 837. The maximum absolute atomic E-state index is 13.0. The fourth-order valence-electron chi connectivity index (χ4n) is 3.99. The third-order valence-electron chi connectivity index (χ3n) is 5.54. The van der Waals surface area contributed by atoms with E-state index in [-0.39, 0.29) is 5.91 Å². The van der Waals surface area contributed by atoms with Crippen LogP contribution in [0.15, 0.2) is 36.5 Å². The van der Waals surface area contributed by atoms with Crippen LogP contribution in [0.1, 0.15) is 30.3 Å². The quantitative estimate of drug-likeness (QED) is 0.792. The fourth-order valence-corrected chi connectivity index (χ4v) is 4.18. The second kappa shape index (κ2) is 8.35. The summed E-state index contributed by atoms with van der Waals surface area (Å²) in [5, 5.41) is 0.733. The smallest absolute Gasteiger partial charge is 0.272 e. The number of benzene rings is 1. The van der Waals surface area contributed by atoms with Crippen molar-refractivity contribution in [3.63, 3.8) is 0 Å². The van der Waals surface area contributed by atoms with Crippen molar-refractivity contribution in [3.05, 3.63) is 47.2 Å². The van der Waals surface area contributed by atoms with E-state index in [1.54, 1.807) is 12.3 Å². The Kier molecular flexibility index (Phi) is 5.67. The van der Waals surface area contributed by atoms with Crippen LogP contribution >= 0.6 is 11.6 Å². The minimum Gasteiger partial charge on any atom is -0.368 e. The number of aromatic nitrogens is 2. The Morgan fingerprint density at radius 3 is 2.68 bits per heavy atom. The summed E-state index contributed by atoms with van der Waals surface area (Å²) < 4.78 is 0. The van der Waals surface area contributed by atoms with E-state index in [1.807, 2.05) is 23.1 Å². The lowest BCUT2D eigenvalue weighted by Crippen LogP contribution is -2.49. The lowest BCUT2D eigenvalue weighted by atomic mass is 10.0. The highest BCUT2D eigenvalue weighted by atomic mass is 35.5. The highest BCUT2D eigenvalue weighted by Crippen LogP contribution is 2.22. The standard InChI is InChI=1S/C21H26ClN5O/c1-16-4-3-9-27(15-16)21-23-8-7-19(24-21)20(28)26-12-10-25(11-13-26)18-6-2-5-17(22)14-18/h2,5-8,14,16H,3-4,9-13,15H2,1H3. The van der Waals surface area contributed by atoms with Gasteiger partial charge in [0.2, 0.25) is 5.95 Å². The van der Waals surface area contributed by atoms with Crippen LogP contribution < -0.4 is 9.80 Å². The molecule has 6 nitrogen and oxygen atoms in total. The molecule has 1 atom stereocenters. The van der Waals surface area contributed by atoms with Crippen LogP contribution in [0.25, 0.3) is 0 Å². The normalized spacial score (nSPS) is 20.4. The molecule has 28 heavy (non-hydrogen) atoms. The van der Waals surface area contributed by atoms with E-state index < -0.39 is 0 Å². The lowest BCUT2D eigenvalue weighted by molar-refractivity contribution is 0.0740. The first-order valence-electron chi connectivity index (χ1n) is 9.98. The molecule has 0 radical (unpaired) electrons. The molecule has 0 aliphatic carbocycles. The van der Waals surface area contributed by atoms with Crippen LogP contribution in [-0.4, -0.2) is 60.0 Å². The number of carbonyl (C=O) groups is 1. The molecule has 3 heterocycles. The van der Waals surface area contributed by atoms with Crippen molar-refractivity contribution in [1.82, 2.24) is 14.9 Å². The van der Waals surface area contributed by atoms with Gasteiger partial charge in [-0.2, -0.15) is 0 Å². The summed E-state index contributed by atoms with van der Waals surface area (Å²) in [5.74, 6) is 1.30. The molecule has 4 rings (SSSR count). The molecule has 2 aromatic rings. The monoisotopic (exact) mass is 399 g/mol. The molecule has 0 bridgehead atoms. The van der Waals surface area contributed by atoms with E-state index in [0.29, 0.717) is 30.6 Å². The molecular formula is C21H26ClN5O. The first-order chi connectivity index (χ1) is 13.6. The zero-order chi connectivity index (χ0) is 19.5. The molecule has 2 aliphatic heterocycles. The third kappa shape index (κ3) is 4.22. The van der Waals surface area contributed by atoms with Gasteiger partial charge < -0.3 is 14.7 Å². The van der Waals surface area contributed by atoms with Crippen LogP contribution in [0.5, 0.6) is 0 Å². The van der Waals surface area contributed by atoms with Gasteiger partial charge in [0.05, 0.1) is 0 Å². The molecule has 0 spiro atoms. The maximum atomic E-state index is 13.0. The van der Waals surface area contributed by atoms with Crippen molar-refractivity contribution < 1.29 is 4.79 Å². The average Bonchev–Trinajstić information content (AvgIpc) is 2.73. The number of carbonyl (C=O) groups excluding carboxylic acids is 1. The van der Waals surface area contributed by atoms with E-state index >= 15 is 0 Å². The molecule has 1 amide bonds. The Morgan fingerprint density at radius 1 is 1.11 bits per heavy atom. The maximum Gasteiger partial charge on any atom is 0.272 e. The number of anilines is 2. The highest BCUT2D eigenvalue weighted by Gasteiger charge is 2.25. The molecule has 1 unspecified atom stereocenters. The molecule has 0 saturated carbocycles. The van der Waals surface area contributed by atoms with E-state index in [9.17, 15) is 4.79 Å². The Labute approximate surface area is 171 Å².